The first kappa shape index (κ1) is 7.21. The lowest BCUT2D eigenvalue weighted by atomic mass is 11.0. The Balaban J connectivity index is 3.36. The molecule has 0 amide bonds. The molecule has 1 nitrogen and oxygen atoms in total. The maximum Gasteiger partial charge on any atom is 0.118 e. The quantitative estimate of drug-likeness (QED) is 0.483. The van der Waals surface area contributed by atoms with E-state index in [1.165, 1.54) is 11.0 Å². The molecule has 0 saturated carbocycles. The third kappa shape index (κ3) is 4.05. The Morgan fingerprint density at radius 3 is 2.43 bits per heavy atom. The van der Waals surface area contributed by atoms with Crippen molar-refractivity contribution >= 4 is 40.9 Å². The topological polar surface area (TPSA) is 12.0 Å². The molecule has 40 valence electrons. The van der Waals surface area contributed by atoms with E-state index in [4.69, 9.17) is 23.2 Å². The summed E-state index contributed by atoms with van der Waals surface area (Å²) in [6.45, 7) is 0. The van der Waals surface area contributed by atoms with E-state index in [0.29, 0.717) is 5.16 Å². The van der Waals surface area contributed by atoms with E-state index in [9.17, 15) is 0 Å². The lowest BCUT2D eigenvalue weighted by Crippen LogP contribution is -2.01. The van der Waals surface area contributed by atoms with Crippen LogP contribution in [0.15, 0.2) is 10.7 Å². The number of halogens is 2. The van der Waals surface area contributed by atoms with Crippen LogP contribution in [0.5, 0.6) is 0 Å². The number of nitrogens with one attached hydrogen (secondary N) is 1. The standard InChI is InChI=1S/C3H3Cl2NS/c4-1-3(5)6-2-7/h1-2H,(H,6,7). The van der Waals surface area contributed by atoms with Gasteiger partial charge in [0.15, 0.2) is 0 Å². The molecule has 0 unspecified atom stereocenters. The third-order valence-electron chi connectivity index (χ3n) is 0.293. The van der Waals surface area contributed by atoms with Crippen LogP contribution in [0.1, 0.15) is 0 Å². The predicted molar refractivity (Wildman–Crippen MR) is 36.6 cm³/mol. The van der Waals surface area contributed by atoms with Gasteiger partial charge in [0.25, 0.3) is 0 Å². The largest absolute Gasteiger partial charge is 0.343 e. The highest BCUT2D eigenvalue weighted by Gasteiger charge is 1.78. The third-order valence-corrected chi connectivity index (χ3v) is 0.959. The van der Waals surface area contributed by atoms with Crippen molar-refractivity contribution in [1.82, 2.24) is 5.32 Å². The molecule has 0 aliphatic rings. The predicted octanol–water partition coefficient (Wildman–Crippen LogP) is 1.81. The molecule has 7 heavy (non-hydrogen) atoms. The van der Waals surface area contributed by atoms with E-state index in [-0.39, 0.29) is 0 Å². The van der Waals surface area contributed by atoms with Crippen LogP contribution in [0.25, 0.3) is 0 Å². The van der Waals surface area contributed by atoms with Gasteiger partial charge >= 0.3 is 0 Å². The molecule has 0 rings (SSSR count). The number of thiocarbonyl (C=S) groups is 1. The fourth-order valence-electron chi connectivity index (χ4n) is 0.0878. The molecule has 0 spiro atoms. The summed E-state index contributed by atoms with van der Waals surface area (Å²) in [5, 5.41) is 2.81. The van der Waals surface area contributed by atoms with Gasteiger partial charge in [0.05, 0.1) is 5.49 Å². The van der Waals surface area contributed by atoms with Crippen molar-refractivity contribution in [3.63, 3.8) is 0 Å². The van der Waals surface area contributed by atoms with Gasteiger partial charge in [0, 0.05) is 5.54 Å². The Labute approximate surface area is 57.3 Å². The van der Waals surface area contributed by atoms with Gasteiger partial charge in [-0.05, 0) is 0 Å². The fourth-order valence-corrected chi connectivity index (χ4v) is 0.397. The van der Waals surface area contributed by atoms with Crippen LogP contribution in [0.4, 0.5) is 0 Å². The van der Waals surface area contributed by atoms with Crippen LogP contribution >= 0.6 is 35.4 Å². The molecule has 0 saturated heterocycles. The minimum absolute atomic E-state index is 0.330. The van der Waals surface area contributed by atoms with Gasteiger partial charge < -0.3 is 5.32 Å². The van der Waals surface area contributed by atoms with E-state index >= 15 is 0 Å². The molecule has 0 aromatic carbocycles. The SMILES string of the molecule is S=CNC(Cl)=CCl. The molecule has 0 aromatic rings. The van der Waals surface area contributed by atoms with Crippen molar-refractivity contribution in [2.45, 2.75) is 0 Å². The Kier molecular flexibility index (Phi) is 4.50. The average Bonchev–Trinajstić information content (AvgIpc) is 1.68. The highest BCUT2D eigenvalue weighted by Crippen LogP contribution is 1.94. The number of hydrogen-bond donors (Lipinski definition) is 1. The van der Waals surface area contributed by atoms with Crippen molar-refractivity contribution in [2.24, 2.45) is 0 Å². The Hall–Kier alpha value is 0.210. The van der Waals surface area contributed by atoms with Crippen LogP contribution in [0.2, 0.25) is 0 Å². The summed E-state index contributed by atoms with van der Waals surface area (Å²) < 4.78 is 0. The fraction of sp³-hybridized carbons (Fsp3) is 0. The van der Waals surface area contributed by atoms with Crippen molar-refractivity contribution in [3.05, 3.63) is 10.7 Å². The molecule has 0 aromatic heterocycles. The van der Waals surface area contributed by atoms with Crippen LogP contribution in [0, 0.1) is 0 Å². The number of hydrogen-bond acceptors (Lipinski definition) is 1. The van der Waals surface area contributed by atoms with Gasteiger partial charge in [-0.1, -0.05) is 35.4 Å². The zero-order chi connectivity index (χ0) is 5.70. The summed E-state index contributed by atoms with van der Waals surface area (Å²) >= 11 is 14.8. The average molecular weight is 156 g/mol. The second-order valence-electron chi connectivity index (χ2n) is 0.719. The van der Waals surface area contributed by atoms with Crippen LogP contribution in [-0.4, -0.2) is 5.49 Å². The molecule has 0 radical (unpaired) electrons. The first-order valence-corrected chi connectivity index (χ1v) is 2.76. The molecule has 0 bridgehead atoms. The molecule has 0 heterocycles. The van der Waals surface area contributed by atoms with Crippen molar-refractivity contribution in [2.75, 3.05) is 0 Å². The zero-order valence-corrected chi connectivity index (χ0v) is 5.65. The van der Waals surface area contributed by atoms with Gasteiger partial charge in [0.2, 0.25) is 0 Å². The molecular weight excluding hydrogens is 153 g/mol. The molecular formula is C3H3Cl2NS. The molecule has 0 atom stereocenters. The highest BCUT2D eigenvalue weighted by molar-refractivity contribution is 7.78. The van der Waals surface area contributed by atoms with Crippen molar-refractivity contribution in [3.8, 4) is 0 Å². The lowest BCUT2D eigenvalue weighted by Gasteiger charge is -1.87. The van der Waals surface area contributed by atoms with E-state index in [1.54, 1.807) is 0 Å². The monoisotopic (exact) mass is 155 g/mol. The van der Waals surface area contributed by atoms with Gasteiger partial charge in [-0.2, -0.15) is 0 Å². The molecule has 4 heteroatoms. The summed E-state index contributed by atoms with van der Waals surface area (Å²) in [6, 6.07) is 0. The maximum absolute atomic E-state index is 5.29. The Morgan fingerprint density at radius 2 is 2.29 bits per heavy atom. The summed E-state index contributed by atoms with van der Waals surface area (Å²) in [4.78, 5) is 0. The molecule has 0 aliphatic heterocycles. The Morgan fingerprint density at radius 1 is 1.71 bits per heavy atom. The summed E-state index contributed by atoms with van der Waals surface area (Å²) in [5.41, 5.74) is 2.48. The Bertz CT molecular complexity index is 90.9. The molecule has 1 N–H and O–H groups in total. The second kappa shape index (κ2) is 4.37. The maximum atomic E-state index is 5.29. The van der Waals surface area contributed by atoms with Crippen LogP contribution in [-0.2, 0) is 0 Å². The number of rotatable bonds is 2. The van der Waals surface area contributed by atoms with Gasteiger partial charge in [-0.15, -0.1) is 0 Å². The minimum atomic E-state index is 0.330. The van der Waals surface area contributed by atoms with Gasteiger partial charge in [-0.3, -0.25) is 0 Å². The van der Waals surface area contributed by atoms with Gasteiger partial charge in [-0.25, -0.2) is 0 Å². The molecule has 0 fully saturated rings. The summed E-state index contributed by atoms with van der Waals surface area (Å²) in [6.07, 6.45) is 0. The summed E-state index contributed by atoms with van der Waals surface area (Å²) in [7, 11) is 0. The minimum Gasteiger partial charge on any atom is -0.343 e. The first-order valence-electron chi connectivity index (χ1n) is 1.47. The smallest absolute Gasteiger partial charge is 0.118 e. The van der Waals surface area contributed by atoms with E-state index < -0.39 is 0 Å². The van der Waals surface area contributed by atoms with E-state index in [1.807, 2.05) is 0 Å². The second-order valence-corrected chi connectivity index (χ2v) is 1.58. The van der Waals surface area contributed by atoms with Crippen LogP contribution < -0.4 is 5.32 Å². The van der Waals surface area contributed by atoms with E-state index in [2.05, 4.69) is 17.5 Å². The van der Waals surface area contributed by atoms with E-state index in [0.717, 1.165) is 0 Å². The summed E-state index contributed by atoms with van der Waals surface area (Å²) in [5.74, 6) is 0. The van der Waals surface area contributed by atoms with Crippen LogP contribution in [0.3, 0.4) is 0 Å². The molecule has 0 aliphatic carbocycles. The lowest BCUT2D eigenvalue weighted by molar-refractivity contribution is 1.32. The first-order chi connectivity index (χ1) is 3.31. The van der Waals surface area contributed by atoms with Gasteiger partial charge in [0.1, 0.15) is 5.16 Å². The van der Waals surface area contributed by atoms with Crippen molar-refractivity contribution < 1.29 is 0 Å². The van der Waals surface area contributed by atoms with Crippen molar-refractivity contribution in [1.29, 1.82) is 0 Å². The normalized spacial score (nSPS) is 10.9. The zero-order valence-electron chi connectivity index (χ0n) is 3.32. The highest BCUT2D eigenvalue weighted by atomic mass is 35.5.